The predicted molar refractivity (Wildman–Crippen MR) is 81.5 cm³/mol. The molecule has 1 aromatic carbocycles. The highest BCUT2D eigenvalue weighted by molar-refractivity contribution is 5.91. The smallest absolute Gasteiger partial charge is 0.286 e. The van der Waals surface area contributed by atoms with Crippen LogP contribution in [0.15, 0.2) is 47.1 Å². The van der Waals surface area contributed by atoms with Crippen LogP contribution in [0.2, 0.25) is 0 Å². The summed E-state index contributed by atoms with van der Waals surface area (Å²) < 4.78 is 10.7. The highest BCUT2D eigenvalue weighted by atomic mass is 16.5. The summed E-state index contributed by atoms with van der Waals surface area (Å²) in [7, 11) is 0. The molecule has 0 fully saturated rings. The summed E-state index contributed by atoms with van der Waals surface area (Å²) in [4.78, 5) is 11.7. The van der Waals surface area contributed by atoms with Gasteiger partial charge in [-0.2, -0.15) is 0 Å². The molecule has 2 aromatic rings. The first-order valence-corrected chi connectivity index (χ1v) is 7.18. The lowest BCUT2D eigenvalue weighted by Crippen LogP contribution is -2.25. The molecule has 21 heavy (non-hydrogen) atoms. The summed E-state index contributed by atoms with van der Waals surface area (Å²) in [6.45, 7) is 5.54. The van der Waals surface area contributed by atoms with Crippen LogP contribution in [0, 0.1) is 5.92 Å². The van der Waals surface area contributed by atoms with Crippen molar-refractivity contribution in [3.05, 3.63) is 54.0 Å². The number of ether oxygens (including phenoxy) is 1. The van der Waals surface area contributed by atoms with E-state index in [1.54, 1.807) is 12.1 Å². The van der Waals surface area contributed by atoms with E-state index in [9.17, 15) is 4.79 Å². The Bertz CT molecular complexity index is 544. The molecule has 0 saturated carbocycles. The molecule has 112 valence electrons. The van der Waals surface area contributed by atoms with Crippen molar-refractivity contribution in [1.29, 1.82) is 0 Å². The van der Waals surface area contributed by atoms with E-state index < -0.39 is 0 Å². The lowest BCUT2D eigenvalue weighted by Gasteiger charge is -2.09. The van der Waals surface area contributed by atoms with Gasteiger partial charge in [0, 0.05) is 6.54 Å². The maximum Gasteiger partial charge on any atom is 0.286 e. The number of hydrogen-bond acceptors (Lipinski definition) is 3. The third-order valence-corrected chi connectivity index (χ3v) is 2.95. The highest BCUT2D eigenvalue weighted by Crippen LogP contribution is 2.13. The second-order valence-electron chi connectivity index (χ2n) is 5.33. The van der Waals surface area contributed by atoms with Crippen molar-refractivity contribution in [2.75, 3.05) is 13.2 Å². The van der Waals surface area contributed by atoms with Crippen molar-refractivity contribution in [1.82, 2.24) is 5.32 Å². The van der Waals surface area contributed by atoms with Gasteiger partial charge < -0.3 is 14.5 Å². The first kappa shape index (κ1) is 15.2. The molecule has 2 rings (SSSR count). The number of carbonyl (C=O) groups excluding carboxylic acids is 1. The monoisotopic (exact) mass is 287 g/mol. The molecule has 1 N–H and O–H groups in total. The summed E-state index contributed by atoms with van der Waals surface area (Å²) in [6, 6.07) is 11.3. The summed E-state index contributed by atoms with van der Waals surface area (Å²) in [5, 5.41) is 2.82. The Hall–Kier alpha value is -2.23. The number of furan rings is 1. The molecule has 1 aromatic heterocycles. The quantitative estimate of drug-likeness (QED) is 0.850. The SMILES string of the molecule is CC(C)COc1ccc(CCNC(=O)c2ccco2)cc1. The zero-order valence-electron chi connectivity index (χ0n) is 12.5. The van der Waals surface area contributed by atoms with Gasteiger partial charge in [-0.15, -0.1) is 0 Å². The van der Waals surface area contributed by atoms with E-state index >= 15 is 0 Å². The maximum atomic E-state index is 11.7. The van der Waals surface area contributed by atoms with Gasteiger partial charge in [0.15, 0.2) is 5.76 Å². The minimum Gasteiger partial charge on any atom is -0.493 e. The number of rotatable bonds is 7. The van der Waals surface area contributed by atoms with Crippen LogP contribution in [0.5, 0.6) is 5.75 Å². The Labute approximate surface area is 125 Å². The fourth-order valence-electron chi connectivity index (χ4n) is 1.83. The summed E-state index contributed by atoms with van der Waals surface area (Å²) >= 11 is 0. The molecule has 4 heteroatoms. The van der Waals surface area contributed by atoms with Crippen molar-refractivity contribution in [3.63, 3.8) is 0 Å². The summed E-state index contributed by atoms with van der Waals surface area (Å²) in [5.74, 6) is 1.55. The first-order valence-electron chi connectivity index (χ1n) is 7.18. The Morgan fingerprint density at radius 1 is 1.24 bits per heavy atom. The molecule has 0 unspecified atom stereocenters. The van der Waals surface area contributed by atoms with Gasteiger partial charge in [0.2, 0.25) is 0 Å². The normalized spacial score (nSPS) is 10.6. The number of carbonyl (C=O) groups is 1. The Morgan fingerprint density at radius 2 is 2.00 bits per heavy atom. The summed E-state index contributed by atoms with van der Waals surface area (Å²) in [6.07, 6.45) is 2.27. The minimum atomic E-state index is -0.183. The number of nitrogens with one attached hydrogen (secondary N) is 1. The highest BCUT2D eigenvalue weighted by Gasteiger charge is 2.06. The van der Waals surface area contributed by atoms with Gasteiger partial charge in [0.25, 0.3) is 5.91 Å². The van der Waals surface area contributed by atoms with Crippen molar-refractivity contribution in [2.45, 2.75) is 20.3 Å². The number of amides is 1. The average molecular weight is 287 g/mol. The Morgan fingerprint density at radius 3 is 2.62 bits per heavy atom. The molecule has 0 spiro atoms. The van der Waals surface area contributed by atoms with E-state index in [1.165, 1.54) is 6.26 Å². The second-order valence-corrected chi connectivity index (χ2v) is 5.33. The van der Waals surface area contributed by atoms with Crippen LogP contribution in [0.1, 0.15) is 30.0 Å². The molecular weight excluding hydrogens is 266 g/mol. The van der Waals surface area contributed by atoms with Gasteiger partial charge in [-0.1, -0.05) is 26.0 Å². The van der Waals surface area contributed by atoms with Crippen molar-refractivity contribution >= 4 is 5.91 Å². The van der Waals surface area contributed by atoms with Gasteiger partial charge in [-0.3, -0.25) is 4.79 Å². The molecule has 0 radical (unpaired) electrons. The third kappa shape index (κ3) is 4.99. The molecule has 0 aliphatic carbocycles. The fraction of sp³-hybridized carbons (Fsp3) is 0.353. The second kappa shape index (κ2) is 7.53. The largest absolute Gasteiger partial charge is 0.493 e. The Kier molecular flexibility index (Phi) is 5.43. The van der Waals surface area contributed by atoms with Crippen LogP contribution in [0.3, 0.4) is 0 Å². The van der Waals surface area contributed by atoms with Crippen LogP contribution < -0.4 is 10.1 Å². The summed E-state index contributed by atoms with van der Waals surface area (Å²) in [5.41, 5.74) is 1.16. The lowest BCUT2D eigenvalue weighted by atomic mass is 10.1. The van der Waals surface area contributed by atoms with Crippen LogP contribution in [-0.2, 0) is 6.42 Å². The molecule has 0 aliphatic rings. The Balaban J connectivity index is 1.74. The van der Waals surface area contributed by atoms with E-state index in [0.29, 0.717) is 18.2 Å². The number of benzene rings is 1. The van der Waals surface area contributed by atoms with E-state index in [2.05, 4.69) is 19.2 Å². The van der Waals surface area contributed by atoms with Gasteiger partial charge in [0.05, 0.1) is 12.9 Å². The zero-order valence-corrected chi connectivity index (χ0v) is 12.5. The van der Waals surface area contributed by atoms with Crippen LogP contribution >= 0.6 is 0 Å². The van der Waals surface area contributed by atoms with Crippen molar-refractivity contribution < 1.29 is 13.9 Å². The van der Waals surface area contributed by atoms with Gasteiger partial charge in [-0.05, 0) is 42.2 Å². The topological polar surface area (TPSA) is 51.5 Å². The van der Waals surface area contributed by atoms with Crippen molar-refractivity contribution in [2.24, 2.45) is 5.92 Å². The van der Waals surface area contributed by atoms with E-state index in [4.69, 9.17) is 9.15 Å². The minimum absolute atomic E-state index is 0.183. The molecule has 1 amide bonds. The van der Waals surface area contributed by atoms with Gasteiger partial charge in [0.1, 0.15) is 5.75 Å². The first-order chi connectivity index (χ1) is 10.1. The average Bonchev–Trinajstić information content (AvgIpc) is 3.00. The molecule has 1 heterocycles. The van der Waals surface area contributed by atoms with Crippen LogP contribution in [-0.4, -0.2) is 19.1 Å². The third-order valence-electron chi connectivity index (χ3n) is 2.95. The lowest BCUT2D eigenvalue weighted by molar-refractivity contribution is 0.0926. The molecule has 0 atom stereocenters. The van der Waals surface area contributed by atoms with E-state index in [1.807, 2.05) is 24.3 Å². The van der Waals surface area contributed by atoms with Gasteiger partial charge in [-0.25, -0.2) is 0 Å². The standard InChI is InChI=1S/C17H21NO3/c1-13(2)12-21-15-7-5-14(6-8-15)9-10-18-17(19)16-4-3-11-20-16/h3-8,11,13H,9-10,12H2,1-2H3,(H,18,19). The molecule has 0 aliphatic heterocycles. The zero-order chi connectivity index (χ0) is 15.1. The molecule has 4 nitrogen and oxygen atoms in total. The molecular formula is C17H21NO3. The van der Waals surface area contributed by atoms with Crippen LogP contribution in [0.4, 0.5) is 0 Å². The maximum absolute atomic E-state index is 11.7. The molecule has 0 saturated heterocycles. The van der Waals surface area contributed by atoms with E-state index in [-0.39, 0.29) is 5.91 Å². The van der Waals surface area contributed by atoms with Crippen molar-refractivity contribution in [3.8, 4) is 5.75 Å². The van der Waals surface area contributed by atoms with Crippen LogP contribution in [0.25, 0.3) is 0 Å². The van der Waals surface area contributed by atoms with Gasteiger partial charge >= 0.3 is 0 Å². The molecule has 0 bridgehead atoms. The fourth-order valence-corrected chi connectivity index (χ4v) is 1.83. The van der Waals surface area contributed by atoms with E-state index in [0.717, 1.165) is 24.3 Å². The predicted octanol–water partition coefficient (Wildman–Crippen LogP) is 3.29. The number of hydrogen-bond donors (Lipinski definition) is 1.